The van der Waals surface area contributed by atoms with Gasteiger partial charge >= 0.3 is 18.6 Å². The molecular formula is C16H20F2N2O5. The smallest absolute Gasteiger partial charge is 0.387 e. The fraction of sp³-hybridized carbons (Fsp3) is 0.500. The normalized spacial score (nSPS) is 17.4. The van der Waals surface area contributed by atoms with E-state index in [9.17, 15) is 18.4 Å². The number of alkyl halides is 2. The summed E-state index contributed by atoms with van der Waals surface area (Å²) in [6.07, 6.45) is -0.107. The third-order valence-electron chi connectivity index (χ3n) is 3.65. The van der Waals surface area contributed by atoms with Crippen LogP contribution < -0.4 is 10.1 Å². The molecular weight excluding hydrogens is 338 g/mol. The highest BCUT2D eigenvalue weighted by atomic mass is 19.3. The first-order valence-electron chi connectivity index (χ1n) is 7.86. The van der Waals surface area contributed by atoms with Crippen LogP contribution in [0.5, 0.6) is 5.75 Å². The summed E-state index contributed by atoms with van der Waals surface area (Å²) in [6, 6.07) is 5.88. The highest BCUT2D eigenvalue weighted by molar-refractivity contribution is 5.74. The minimum Gasteiger partial charge on any atom is -0.481 e. The van der Waals surface area contributed by atoms with Gasteiger partial charge in [0.05, 0.1) is 13.2 Å². The van der Waals surface area contributed by atoms with Gasteiger partial charge in [-0.3, -0.25) is 4.79 Å². The number of carbonyl (C=O) groups excluding carboxylic acids is 1. The van der Waals surface area contributed by atoms with Gasteiger partial charge in [0, 0.05) is 19.5 Å². The van der Waals surface area contributed by atoms with Crippen molar-refractivity contribution in [1.82, 2.24) is 10.2 Å². The maximum Gasteiger partial charge on any atom is 0.387 e. The van der Waals surface area contributed by atoms with E-state index in [2.05, 4.69) is 10.1 Å². The highest BCUT2D eigenvalue weighted by Gasteiger charge is 2.25. The number of carboxylic acid groups (broad SMARTS) is 1. The van der Waals surface area contributed by atoms with Crippen LogP contribution in [0.2, 0.25) is 0 Å². The highest BCUT2D eigenvalue weighted by Crippen LogP contribution is 2.26. The number of hydrogen-bond acceptors (Lipinski definition) is 4. The summed E-state index contributed by atoms with van der Waals surface area (Å²) < 4.78 is 34.6. The molecule has 25 heavy (non-hydrogen) atoms. The standard InChI is InChI=1S/C16H20F2N2O5/c17-15(18)25-12-4-1-3-11(9-12)13-10-20(7-8-24-13)16(23)19-6-2-5-14(21)22/h1,3-4,9,13,15H,2,5-8,10H2,(H,19,23)(H,21,22). The molecule has 1 aliphatic heterocycles. The van der Waals surface area contributed by atoms with Gasteiger partial charge in [0.1, 0.15) is 11.9 Å². The zero-order chi connectivity index (χ0) is 18.2. The van der Waals surface area contributed by atoms with Gasteiger partial charge in [-0.25, -0.2) is 4.79 Å². The van der Waals surface area contributed by atoms with Crippen molar-refractivity contribution in [2.75, 3.05) is 26.2 Å². The van der Waals surface area contributed by atoms with Gasteiger partial charge in [0.25, 0.3) is 0 Å². The molecule has 7 nitrogen and oxygen atoms in total. The van der Waals surface area contributed by atoms with E-state index in [1.807, 2.05) is 0 Å². The molecule has 1 aromatic rings. The van der Waals surface area contributed by atoms with E-state index in [0.717, 1.165) is 0 Å². The summed E-state index contributed by atoms with van der Waals surface area (Å²) in [6.45, 7) is -1.66. The largest absolute Gasteiger partial charge is 0.481 e. The summed E-state index contributed by atoms with van der Waals surface area (Å²) >= 11 is 0. The number of carbonyl (C=O) groups is 2. The number of carboxylic acids is 1. The number of nitrogens with zero attached hydrogens (tertiary/aromatic N) is 1. The summed E-state index contributed by atoms with van der Waals surface area (Å²) in [5, 5.41) is 11.2. The lowest BCUT2D eigenvalue weighted by molar-refractivity contribution is -0.137. The van der Waals surface area contributed by atoms with Crippen molar-refractivity contribution in [2.24, 2.45) is 0 Å². The van der Waals surface area contributed by atoms with Crippen molar-refractivity contribution in [3.63, 3.8) is 0 Å². The number of ether oxygens (including phenoxy) is 2. The van der Waals surface area contributed by atoms with Gasteiger partial charge in [-0.15, -0.1) is 0 Å². The number of aliphatic carboxylic acids is 1. The van der Waals surface area contributed by atoms with Crippen LogP contribution in [0.25, 0.3) is 0 Å². The van der Waals surface area contributed by atoms with E-state index in [0.29, 0.717) is 25.1 Å². The molecule has 1 aromatic carbocycles. The van der Waals surface area contributed by atoms with Crippen molar-refractivity contribution < 1.29 is 33.0 Å². The van der Waals surface area contributed by atoms with Crippen LogP contribution >= 0.6 is 0 Å². The Morgan fingerprint density at radius 1 is 1.44 bits per heavy atom. The van der Waals surface area contributed by atoms with Gasteiger partial charge in [-0.2, -0.15) is 8.78 Å². The second kappa shape index (κ2) is 9.16. The molecule has 1 saturated heterocycles. The minimum atomic E-state index is -2.91. The molecule has 2 rings (SSSR count). The van der Waals surface area contributed by atoms with E-state index < -0.39 is 18.7 Å². The number of morpholine rings is 1. The van der Waals surface area contributed by atoms with Crippen LogP contribution in [0.1, 0.15) is 24.5 Å². The maximum atomic E-state index is 12.3. The van der Waals surface area contributed by atoms with E-state index in [-0.39, 0.29) is 31.3 Å². The Kier molecular flexibility index (Phi) is 6.93. The van der Waals surface area contributed by atoms with E-state index in [4.69, 9.17) is 9.84 Å². The van der Waals surface area contributed by atoms with Gasteiger partial charge < -0.3 is 24.8 Å². The predicted molar refractivity (Wildman–Crippen MR) is 83.6 cm³/mol. The zero-order valence-electron chi connectivity index (χ0n) is 13.5. The second-order valence-electron chi connectivity index (χ2n) is 5.49. The molecule has 0 radical (unpaired) electrons. The van der Waals surface area contributed by atoms with Crippen LogP contribution in [0, 0.1) is 0 Å². The second-order valence-corrected chi connectivity index (χ2v) is 5.49. The lowest BCUT2D eigenvalue weighted by Gasteiger charge is -2.33. The number of benzene rings is 1. The summed E-state index contributed by atoms with van der Waals surface area (Å²) in [4.78, 5) is 24.1. The third-order valence-corrected chi connectivity index (χ3v) is 3.65. The SMILES string of the molecule is O=C(O)CCCNC(=O)N1CCOC(c2cccc(OC(F)F)c2)C1. The zero-order valence-corrected chi connectivity index (χ0v) is 13.5. The molecule has 2 N–H and O–H groups in total. The van der Waals surface area contributed by atoms with Crippen LogP contribution in [0.3, 0.4) is 0 Å². The van der Waals surface area contributed by atoms with Crippen LogP contribution in [0.15, 0.2) is 24.3 Å². The molecule has 1 aliphatic rings. The van der Waals surface area contributed by atoms with Crippen molar-refractivity contribution in [1.29, 1.82) is 0 Å². The molecule has 2 amide bonds. The molecule has 0 spiro atoms. The van der Waals surface area contributed by atoms with Gasteiger partial charge in [0.15, 0.2) is 0 Å². The van der Waals surface area contributed by atoms with E-state index in [1.165, 1.54) is 12.1 Å². The topological polar surface area (TPSA) is 88.1 Å². The fourth-order valence-corrected chi connectivity index (χ4v) is 2.47. The summed E-state index contributed by atoms with van der Waals surface area (Å²) in [5.74, 6) is -0.877. The van der Waals surface area contributed by atoms with Gasteiger partial charge in [-0.05, 0) is 24.1 Å². The van der Waals surface area contributed by atoms with Crippen molar-refractivity contribution in [3.05, 3.63) is 29.8 Å². The maximum absolute atomic E-state index is 12.3. The average Bonchev–Trinajstić information content (AvgIpc) is 2.58. The number of urea groups is 1. The Balaban J connectivity index is 1.89. The number of amides is 2. The van der Waals surface area contributed by atoms with Crippen molar-refractivity contribution in [2.45, 2.75) is 25.6 Å². The van der Waals surface area contributed by atoms with Crippen molar-refractivity contribution >= 4 is 12.0 Å². The molecule has 138 valence electrons. The first kappa shape index (κ1) is 18.9. The lowest BCUT2D eigenvalue weighted by atomic mass is 10.1. The first-order valence-corrected chi connectivity index (χ1v) is 7.86. The van der Waals surface area contributed by atoms with E-state index >= 15 is 0 Å². The lowest BCUT2D eigenvalue weighted by Crippen LogP contribution is -2.47. The Hall–Kier alpha value is -2.42. The molecule has 9 heteroatoms. The Labute approximate surface area is 143 Å². The molecule has 1 fully saturated rings. The van der Waals surface area contributed by atoms with Gasteiger partial charge in [0.2, 0.25) is 0 Å². The molecule has 1 atom stereocenters. The summed E-state index contributed by atoms with van der Waals surface area (Å²) in [7, 11) is 0. The van der Waals surface area contributed by atoms with E-state index in [1.54, 1.807) is 17.0 Å². The molecule has 0 bridgehead atoms. The molecule has 1 heterocycles. The minimum absolute atomic E-state index is 0.0110. The Bertz CT molecular complexity index is 600. The average molecular weight is 358 g/mol. The predicted octanol–water partition coefficient (Wildman–Crippen LogP) is 2.24. The van der Waals surface area contributed by atoms with Crippen LogP contribution in [-0.2, 0) is 9.53 Å². The first-order chi connectivity index (χ1) is 12.0. The van der Waals surface area contributed by atoms with Crippen molar-refractivity contribution in [3.8, 4) is 5.75 Å². The van der Waals surface area contributed by atoms with Crippen LogP contribution in [-0.4, -0.2) is 54.9 Å². The molecule has 1 unspecified atom stereocenters. The van der Waals surface area contributed by atoms with Crippen LogP contribution in [0.4, 0.5) is 13.6 Å². The quantitative estimate of drug-likeness (QED) is 0.730. The monoisotopic (exact) mass is 358 g/mol. The molecule has 0 saturated carbocycles. The van der Waals surface area contributed by atoms with Gasteiger partial charge in [-0.1, -0.05) is 12.1 Å². The fourth-order valence-electron chi connectivity index (χ4n) is 2.47. The Morgan fingerprint density at radius 2 is 2.24 bits per heavy atom. The number of hydrogen-bond donors (Lipinski definition) is 2. The summed E-state index contributed by atoms with van der Waals surface area (Å²) in [5.41, 5.74) is 0.640. The molecule has 0 aromatic heterocycles. The number of rotatable bonds is 7. The third kappa shape index (κ3) is 6.18. The Morgan fingerprint density at radius 3 is 2.96 bits per heavy atom. The molecule has 0 aliphatic carbocycles. The number of nitrogens with one attached hydrogen (secondary N) is 1. The number of halogens is 2.